The van der Waals surface area contributed by atoms with E-state index in [1.807, 2.05) is 13.8 Å². The number of halogens is 1. The second-order valence-electron chi connectivity index (χ2n) is 2.27. The molecule has 11 heavy (non-hydrogen) atoms. The normalized spacial score (nSPS) is 12.7. The second-order valence-corrected chi connectivity index (χ2v) is 9.82. The topological polar surface area (TPSA) is 37.4 Å². The average Bonchev–Trinajstić information content (AvgIpc) is 1.88. The van der Waals surface area contributed by atoms with Gasteiger partial charge in [-0.05, 0) is 13.8 Å². The number of carbonyl (C=O) groups is 1. The van der Waals surface area contributed by atoms with Crippen molar-refractivity contribution in [3.8, 4) is 0 Å². The van der Waals surface area contributed by atoms with E-state index in [1.54, 1.807) is 26.1 Å². The lowest BCUT2D eigenvalue weighted by Crippen LogP contribution is -2.35. The van der Waals surface area contributed by atoms with Gasteiger partial charge in [0.2, 0.25) is 0 Å². The van der Waals surface area contributed by atoms with E-state index in [0.29, 0.717) is 13.1 Å². The number of carbonyl (C=O) groups excluding carboxylic acids is 1. The van der Waals surface area contributed by atoms with Gasteiger partial charge in [-0.25, -0.2) is 0 Å². The minimum absolute atomic E-state index is 0.219. The third-order valence-corrected chi connectivity index (χ3v) is 3.58. The van der Waals surface area contributed by atoms with Crippen LogP contribution in [-0.2, 0) is 7.10 Å². The smallest absolute Gasteiger partial charge is 0.296 e. The largest absolute Gasteiger partial charge is 0.333 e. The first-order valence-corrected chi connectivity index (χ1v) is 8.44. The molecule has 0 fully saturated rings. The molecule has 0 heterocycles. The first-order valence-electron chi connectivity index (χ1n) is 3.50. The van der Waals surface area contributed by atoms with Crippen LogP contribution in [0, 0.1) is 0 Å². The van der Waals surface area contributed by atoms with Gasteiger partial charge < -0.3 is 4.90 Å². The van der Waals surface area contributed by atoms with Crippen LogP contribution in [0.2, 0.25) is 0 Å². The van der Waals surface area contributed by atoms with Gasteiger partial charge in [0, 0.05) is 47.7 Å². The van der Waals surface area contributed by atoms with Crippen molar-refractivity contribution in [1.82, 2.24) is 4.90 Å². The molecule has 0 bridgehead atoms. The minimum atomic E-state index is -2.59. The number of hydrogen-bond donors (Lipinski definition) is 1. The maximum atomic E-state index is 11.3. The summed E-state index contributed by atoms with van der Waals surface area (Å²) >= 11 is 1.73. The lowest BCUT2D eigenvalue weighted by atomic mass is 10.6. The van der Waals surface area contributed by atoms with E-state index in [9.17, 15) is 9.00 Å². The molecule has 0 saturated heterocycles. The summed E-state index contributed by atoms with van der Waals surface area (Å²) in [5, 5.41) is -0.219. The van der Waals surface area contributed by atoms with Gasteiger partial charge in [-0.3, -0.25) is 9.00 Å². The Morgan fingerprint density at radius 3 is 1.91 bits per heavy atom. The van der Waals surface area contributed by atoms with Crippen LogP contribution in [0.15, 0.2) is 0 Å². The van der Waals surface area contributed by atoms with Crippen LogP contribution >= 0.6 is 21.2 Å². The van der Waals surface area contributed by atoms with Gasteiger partial charge in [-0.15, -0.1) is 0 Å². The maximum absolute atomic E-state index is 11.3. The summed E-state index contributed by atoms with van der Waals surface area (Å²) in [5.41, 5.74) is 0. The lowest BCUT2D eigenvalue weighted by molar-refractivity contribution is 0.227. The molecular weight excluding hydrogens is 277 g/mol. The Morgan fingerprint density at radius 2 is 1.82 bits per heavy atom. The van der Waals surface area contributed by atoms with Crippen molar-refractivity contribution in [1.29, 1.82) is 0 Å². The zero-order valence-corrected chi connectivity index (χ0v) is 10.1. The highest BCUT2D eigenvalue weighted by Gasteiger charge is 2.19. The van der Waals surface area contributed by atoms with E-state index < -0.39 is 7.10 Å². The van der Waals surface area contributed by atoms with Crippen LogP contribution in [0.1, 0.15) is 13.8 Å². The van der Waals surface area contributed by atoms with Gasteiger partial charge in [-0.1, -0.05) is 0 Å². The van der Waals surface area contributed by atoms with E-state index in [2.05, 4.69) is 0 Å². The summed E-state index contributed by atoms with van der Waals surface area (Å²) in [4.78, 5) is 12.9. The molecule has 0 rings (SSSR count). The fourth-order valence-electron chi connectivity index (χ4n) is 0.747. The average molecular weight is 291 g/mol. The van der Waals surface area contributed by atoms with Crippen molar-refractivity contribution in [3.05, 3.63) is 0 Å². The van der Waals surface area contributed by atoms with Crippen LogP contribution in [0.5, 0.6) is 0 Å². The van der Waals surface area contributed by atoms with Crippen molar-refractivity contribution in [2.45, 2.75) is 13.8 Å². The summed E-state index contributed by atoms with van der Waals surface area (Å²) < 4.78 is 11.3. The second kappa shape index (κ2) is 4.39. The molecule has 0 aromatic heterocycles. The molecule has 68 valence electrons. The number of nitrogens with zero attached hydrogens (tertiary/aromatic N) is 1. The highest BCUT2D eigenvalue weighted by molar-refractivity contribution is 14.2. The Kier molecular flexibility index (Phi) is 4.53. The highest BCUT2D eigenvalue weighted by Crippen LogP contribution is 2.15. The predicted molar refractivity (Wildman–Crippen MR) is 57.8 cm³/mol. The molecule has 0 aliphatic rings. The van der Waals surface area contributed by atoms with Crippen LogP contribution < -0.4 is 0 Å². The van der Waals surface area contributed by atoms with Crippen molar-refractivity contribution in [3.63, 3.8) is 0 Å². The van der Waals surface area contributed by atoms with Gasteiger partial charge in [0.05, 0.1) is 0 Å². The van der Waals surface area contributed by atoms with E-state index in [1.165, 1.54) is 6.26 Å². The van der Waals surface area contributed by atoms with Crippen LogP contribution in [0.3, 0.4) is 0 Å². The molecule has 0 unspecified atom stereocenters. The Balaban J connectivity index is 4.34. The van der Waals surface area contributed by atoms with Crippen LogP contribution in [0.4, 0.5) is 4.79 Å². The molecular formula is C6H14INO2S. The van der Waals surface area contributed by atoms with E-state index in [-0.39, 0.29) is 5.24 Å². The lowest BCUT2D eigenvalue weighted by Gasteiger charge is -2.21. The van der Waals surface area contributed by atoms with Crippen molar-refractivity contribution in [2.24, 2.45) is 0 Å². The molecule has 0 N–H and O–H groups in total. The molecule has 0 atom stereocenters. The maximum Gasteiger partial charge on any atom is 0.296 e. The van der Waals surface area contributed by atoms with E-state index >= 15 is 0 Å². The van der Waals surface area contributed by atoms with E-state index in [4.69, 9.17) is 0 Å². The van der Waals surface area contributed by atoms with E-state index in [0.717, 1.165) is 0 Å². The number of amides is 1. The van der Waals surface area contributed by atoms with Gasteiger partial charge in [0.1, 0.15) is 0 Å². The van der Waals surface area contributed by atoms with Crippen molar-refractivity contribution < 1.29 is 9.00 Å². The first kappa shape index (κ1) is 11.4. The summed E-state index contributed by atoms with van der Waals surface area (Å²) in [6.45, 7) is 5.04. The monoisotopic (exact) mass is 291 g/mol. The molecule has 0 aromatic carbocycles. The standard InChI is InChI=1S/C6H14INO2S/c1-4-8(5-2)6(9)11(3,7)10/h11H,4-5H2,1-3H3. The molecule has 5 heteroatoms. The summed E-state index contributed by atoms with van der Waals surface area (Å²) in [6, 6.07) is 0. The molecule has 0 spiro atoms. The first-order chi connectivity index (χ1) is 4.93. The summed E-state index contributed by atoms with van der Waals surface area (Å²) in [7, 11) is -2.59. The van der Waals surface area contributed by atoms with Crippen LogP contribution in [0.25, 0.3) is 0 Å². The molecule has 0 saturated carbocycles. The van der Waals surface area contributed by atoms with Crippen LogP contribution in [-0.4, -0.2) is 33.7 Å². The van der Waals surface area contributed by atoms with Crippen molar-refractivity contribution in [2.75, 3.05) is 19.3 Å². The third kappa shape index (κ3) is 3.50. The van der Waals surface area contributed by atoms with Gasteiger partial charge in [0.15, 0.2) is 0 Å². The zero-order valence-electron chi connectivity index (χ0n) is 7.00. The molecule has 3 nitrogen and oxygen atoms in total. The third-order valence-electron chi connectivity index (χ3n) is 1.38. The van der Waals surface area contributed by atoms with Gasteiger partial charge in [-0.2, -0.15) is 0 Å². The quantitative estimate of drug-likeness (QED) is 0.475. The Bertz CT molecular complexity index is 185. The molecule has 1 amide bonds. The Morgan fingerprint density at radius 1 is 1.45 bits per heavy atom. The molecule has 0 aliphatic heterocycles. The number of rotatable bonds is 2. The number of thiol groups is 1. The Labute approximate surface area is 80.5 Å². The minimum Gasteiger partial charge on any atom is -0.333 e. The predicted octanol–water partition coefficient (Wildman–Crippen LogP) is 1.44. The highest BCUT2D eigenvalue weighted by atomic mass is 127. The number of hydrogen-bond acceptors (Lipinski definition) is 2. The fraction of sp³-hybridized carbons (Fsp3) is 0.833. The zero-order chi connectivity index (χ0) is 9.07. The van der Waals surface area contributed by atoms with Crippen molar-refractivity contribution >= 4 is 33.5 Å². The summed E-state index contributed by atoms with van der Waals surface area (Å²) in [6.07, 6.45) is 1.49. The van der Waals surface area contributed by atoms with Gasteiger partial charge in [0.25, 0.3) is 5.24 Å². The molecule has 0 aliphatic carbocycles. The van der Waals surface area contributed by atoms with Gasteiger partial charge >= 0.3 is 0 Å². The molecule has 0 radical (unpaired) electrons. The SMILES string of the molecule is CCN(CC)C(=O)[SH](C)(=O)I. The fourth-order valence-corrected chi connectivity index (χ4v) is 2.45. The molecule has 0 aromatic rings. The Hall–Kier alpha value is 0.350. The summed E-state index contributed by atoms with van der Waals surface area (Å²) in [5.74, 6) is 0.